The van der Waals surface area contributed by atoms with Crippen LogP contribution >= 0.6 is 0 Å². The lowest BCUT2D eigenvalue weighted by molar-refractivity contribution is -0.117. The molecule has 6 heteroatoms. The Morgan fingerprint density at radius 3 is 2.61 bits per heavy atom. The molecule has 23 heavy (non-hydrogen) atoms. The molecule has 2 amide bonds. The third kappa shape index (κ3) is 5.65. The first-order chi connectivity index (χ1) is 11.1. The van der Waals surface area contributed by atoms with Crippen molar-refractivity contribution in [2.24, 2.45) is 5.73 Å². The smallest absolute Gasteiger partial charge is 0.248 e. The van der Waals surface area contributed by atoms with E-state index in [1.54, 1.807) is 24.3 Å². The summed E-state index contributed by atoms with van der Waals surface area (Å²) in [5.41, 5.74) is 6.27. The van der Waals surface area contributed by atoms with Crippen LogP contribution < -0.4 is 11.1 Å². The molecule has 0 spiro atoms. The molecule has 1 aromatic carbocycles. The van der Waals surface area contributed by atoms with E-state index in [4.69, 9.17) is 10.5 Å². The molecule has 1 saturated heterocycles. The quantitative estimate of drug-likeness (QED) is 0.800. The predicted molar refractivity (Wildman–Crippen MR) is 89.3 cm³/mol. The zero-order valence-electron chi connectivity index (χ0n) is 13.6. The van der Waals surface area contributed by atoms with E-state index >= 15 is 0 Å². The van der Waals surface area contributed by atoms with Crippen LogP contribution in [0.25, 0.3) is 0 Å². The SMILES string of the molecule is CCN(CC(=O)Nc1ccc(C(N)=O)cc1)CC1CCCCO1. The number of carbonyl (C=O) groups excluding carboxylic acids is 2. The number of ether oxygens (including phenoxy) is 1. The van der Waals surface area contributed by atoms with Crippen LogP contribution in [0, 0.1) is 0 Å². The molecule has 1 fully saturated rings. The molecule has 0 radical (unpaired) electrons. The van der Waals surface area contributed by atoms with Crippen molar-refractivity contribution in [3.05, 3.63) is 29.8 Å². The number of likely N-dealkylation sites (N-methyl/N-ethyl adjacent to an activating group) is 1. The van der Waals surface area contributed by atoms with Gasteiger partial charge in [-0.3, -0.25) is 14.5 Å². The van der Waals surface area contributed by atoms with Gasteiger partial charge in [-0.25, -0.2) is 0 Å². The van der Waals surface area contributed by atoms with Gasteiger partial charge in [-0.05, 0) is 50.1 Å². The Kier molecular flexibility index (Phi) is 6.55. The van der Waals surface area contributed by atoms with Crippen LogP contribution in [0.5, 0.6) is 0 Å². The molecule has 1 atom stereocenters. The zero-order valence-corrected chi connectivity index (χ0v) is 13.6. The molecule has 1 heterocycles. The molecular formula is C17H25N3O3. The number of nitrogens with zero attached hydrogens (tertiary/aromatic N) is 1. The summed E-state index contributed by atoms with van der Waals surface area (Å²) in [5.74, 6) is -0.554. The summed E-state index contributed by atoms with van der Waals surface area (Å²) < 4.78 is 5.73. The minimum atomic E-state index is -0.479. The second-order valence-electron chi connectivity index (χ2n) is 5.81. The van der Waals surface area contributed by atoms with E-state index in [0.29, 0.717) is 17.8 Å². The molecule has 0 aliphatic carbocycles. The number of nitrogens with one attached hydrogen (secondary N) is 1. The van der Waals surface area contributed by atoms with Crippen LogP contribution in [0.1, 0.15) is 36.5 Å². The minimum Gasteiger partial charge on any atom is -0.377 e. The van der Waals surface area contributed by atoms with E-state index in [1.807, 2.05) is 6.92 Å². The summed E-state index contributed by atoms with van der Waals surface area (Å²) in [6.07, 6.45) is 3.61. The molecule has 0 bridgehead atoms. The molecule has 2 rings (SSSR count). The van der Waals surface area contributed by atoms with Crippen molar-refractivity contribution >= 4 is 17.5 Å². The lowest BCUT2D eigenvalue weighted by atomic mass is 10.1. The fraction of sp³-hybridized carbons (Fsp3) is 0.529. The second-order valence-corrected chi connectivity index (χ2v) is 5.81. The standard InChI is InChI=1S/C17H25N3O3/c1-2-20(11-15-5-3-4-10-23-15)12-16(21)19-14-8-6-13(7-9-14)17(18)22/h6-9,15H,2-5,10-12H2,1H3,(H2,18,22)(H,19,21). The highest BCUT2D eigenvalue weighted by Crippen LogP contribution is 2.14. The maximum absolute atomic E-state index is 12.2. The number of hydrogen-bond acceptors (Lipinski definition) is 4. The number of primary amides is 1. The molecule has 0 aromatic heterocycles. The van der Waals surface area contributed by atoms with Crippen LogP contribution in [0.2, 0.25) is 0 Å². The van der Waals surface area contributed by atoms with Gasteiger partial charge in [-0.1, -0.05) is 6.92 Å². The summed E-state index contributed by atoms with van der Waals surface area (Å²) in [5, 5.41) is 2.84. The molecular weight excluding hydrogens is 294 g/mol. The van der Waals surface area contributed by atoms with Crippen LogP contribution in [0.4, 0.5) is 5.69 Å². The Bertz CT molecular complexity index is 524. The van der Waals surface area contributed by atoms with Gasteiger partial charge in [0.05, 0.1) is 12.6 Å². The van der Waals surface area contributed by atoms with Crippen LogP contribution in [0.3, 0.4) is 0 Å². The summed E-state index contributed by atoms with van der Waals surface area (Å²) in [6.45, 7) is 4.77. The van der Waals surface area contributed by atoms with Gasteiger partial charge < -0.3 is 15.8 Å². The minimum absolute atomic E-state index is 0.0746. The second kappa shape index (κ2) is 8.64. The van der Waals surface area contributed by atoms with Crippen LogP contribution in [-0.2, 0) is 9.53 Å². The maximum Gasteiger partial charge on any atom is 0.248 e. The van der Waals surface area contributed by atoms with Gasteiger partial charge >= 0.3 is 0 Å². The van der Waals surface area contributed by atoms with Crippen molar-refractivity contribution in [2.45, 2.75) is 32.3 Å². The average Bonchev–Trinajstić information content (AvgIpc) is 2.55. The third-order valence-electron chi connectivity index (χ3n) is 4.00. The van der Waals surface area contributed by atoms with Crippen molar-refractivity contribution in [1.82, 2.24) is 4.90 Å². The van der Waals surface area contributed by atoms with Crippen molar-refractivity contribution in [3.63, 3.8) is 0 Å². The highest BCUT2D eigenvalue weighted by molar-refractivity contribution is 5.95. The maximum atomic E-state index is 12.2. The van der Waals surface area contributed by atoms with E-state index in [2.05, 4.69) is 10.2 Å². The fourth-order valence-corrected chi connectivity index (χ4v) is 2.67. The van der Waals surface area contributed by atoms with Gasteiger partial charge in [0.1, 0.15) is 0 Å². The van der Waals surface area contributed by atoms with Crippen molar-refractivity contribution in [1.29, 1.82) is 0 Å². The van der Waals surface area contributed by atoms with E-state index in [1.165, 1.54) is 6.42 Å². The Morgan fingerprint density at radius 2 is 2.04 bits per heavy atom. The number of anilines is 1. The molecule has 6 nitrogen and oxygen atoms in total. The highest BCUT2D eigenvalue weighted by atomic mass is 16.5. The van der Waals surface area contributed by atoms with Crippen LogP contribution in [0.15, 0.2) is 24.3 Å². The summed E-state index contributed by atoms with van der Waals surface area (Å²) in [7, 11) is 0. The first-order valence-electron chi connectivity index (χ1n) is 8.12. The topological polar surface area (TPSA) is 84.7 Å². The van der Waals surface area contributed by atoms with Crippen molar-refractivity contribution < 1.29 is 14.3 Å². The molecule has 1 aliphatic rings. The monoisotopic (exact) mass is 319 g/mol. The van der Waals surface area contributed by atoms with E-state index < -0.39 is 5.91 Å². The summed E-state index contributed by atoms with van der Waals surface area (Å²) in [4.78, 5) is 25.3. The molecule has 1 unspecified atom stereocenters. The first-order valence-corrected chi connectivity index (χ1v) is 8.12. The number of nitrogens with two attached hydrogens (primary N) is 1. The number of amides is 2. The predicted octanol–water partition coefficient (Wildman–Crippen LogP) is 1.61. The Balaban J connectivity index is 1.82. The lowest BCUT2D eigenvalue weighted by Crippen LogP contribution is -2.40. The summed E-state index contributed by atoms with van der Waals surface area (Å²) in [6, 6.07) is 6.56. The number of carbonyl (C=O) groups is 2. The third-order valence-corrected chi connectivity index (χ3v) is 4.00. The van der Waals surface area contributed by atoms with Gasteiger partial charge in [0, 0.05) is 24.4 Å². The normalized spacial score (nSPS) is 17.9. The molecule has 0 saturated carbocycles. The van der Waals surface area contributed by atoms with Gasteiger partial charge in [0.25, 0.3) is 0 Å². The number of hydrogen-bond donors (Lipinski definition) is 2. The zero-order chi connectivity index (χ0) is 16.7. The van der Waals surface area contributed by atoms with Crippen LogP contribution in [-0.4, -0.2) is 49.1 Å². The number of benzene rings is 1. The van der Waals surface area contributed by atoms with Crippen molar-refractivity contribution in [2.75, 3.05) is 31.6 Å². The first kappa shape index (κ1) is 17.4. The Morgan fingerprint density at radius 1 is 1.30 bits per heavy atom. The molecule has 1 aliphatic heterocycles. The fourth-order valence-electron chi connectivity index (χ4n) is 2.67. The largest absolute Gasteiger partial charge is 0.377 e. The van der Waals surface area contributed by atoms with Gasteiger partial charge in [0.15, 0.2) is 0 Å². The van der Waals surface area contributed by atoms with E-state index in [-0.39, 0.29) is 12.0 Å². The highest BCUT2D eigenvalue weighted by Gasteiger charge is 2.18. The molecule has 3 N–H and O–H groups in total. The Labute approximate surface area is 137 Å². The van der Waals surface area contributed by atoms with E-state index in [9.17, 15) is 9.59 Å². The van der Waals surface area contributed by atoms with Gasteiger partial charge in [0.2, 0.25) is 11.8 Å². The molecule has 126 valence electrons. The molecule has 1 aromatic rings. The Hall–Kier alpha value is -1.92. The van der Waals surface area contributed by atoms with E-state index in [0.717, 1.165) is 32.5 Å². The number of rotatable bonds is 7. The summed E-state index contributed by atoms with van der Waals surface area (Å²) >= 11 is 0. The lowest BCUT2D eigenvalue weighted by Gasteiger charge is -2.28. The van der Waals surface area contributed by atoms with Gasteiger partial charge in [-0.2, -0.15) is 0 Å². The average molecular weight is 319 g/mol. The van der Waals surface area contributed by atoms with Crippen molar-refractivity contribution in [3.8, 4) is 0 Å². The van der Waals surface area contributed by atoms with Gasteiger partial charge in [-0.15, -0.1) is 0 Å².